The van der Waals surface area contributed by atoms with Crippen LogP contribution in [-0.4, -0.2) is 48.6 Å². The third-order valence-electron chi connectivity index (χ3n) is 5.84. The maximum Gasteiger partial charge on any atom is 0.354 e. The fourth-order valence-electron chi connectivity index (χ4n) is 4.27. The van der Waals surface area contributed by atoms with Crippen molar-refractivity contribution >= 4 is 23.5 Å². The van der Waals surface area contributed by atoms with Crippen LogP contribution in [0.4, 0.5) is 5.69 Å². The quantitative estimate of drug-likeness (QED) is 0.687. The Morgan fingerprint density at radius 1 is 1.10 bits per heavy atom. The molecule has 0 radical (unpaired) electrons. The third kappa shape index (κ3) is 3.06. The van der Waals surface area contributed by atoms with E-state index >= 15 is 0 Å². The summed E-state index contributed by atoms with van der Waals surface area (Å²) in [6, 6.07) is 14.5. The highest BCUT2D eigenvalue weighted by Crippen LogP contribution is 2.45. The van der Waals surface area contributed by atoms with E-state index in [2.05, 4.69) is 0 Å². The van der Waals surface area contributed by atoms with Crippen LogP contribution in [0.3, 0.4) is 0 Å². The molecule has 0 spiro atoms. The molecule has 0 aromatic heterocycles. The zero-order valence-corrected chi connectivity index (χ0v) is 17.1. The van der Waals surface area contributed by atoms with Crippen molar-refractivity contribution in [2.24, 2.45) is 0 Å². The lowest BCUT2D eigenvalue weighted by molar-refractivity contribution is -0.159. The molecule has 4 rings (SSSR count). The van der Waals surface area contributed by atoms with Gasteiger partial charge in [-0.15, -0.1) is 0 Å². The molecule has 2 heterocycles. The first kappa shape index (κ1) is 20.1. The molecule has 2 aliphatic heterocycles. The van der Waals surface area contributed by atoms with Crippen LogP contribution in [-0.2, 0) is 25.7 Å². The van der Waals surface area contributed by atoms with E-state index in [0.29, 0.717) is 11.3 Å². The molecule has 2 aliphatic rings. The molecule has 156 valence electrons. The lowest BCUT2D eigenvalue weighted by Crippen LogP contribution is -2.68. The van der Waals surface area contributed by atoms with Gasteiger partial charge in [-0.3, -0.25) is 14.5 Å². The molecule has 0 bridgehead atoms. The molecule has 1 saturated heterocycles. The lowest BCUT2D eigenvalue weighted by atomic mass is 9.96. The van der Waals surface area contributed by atoms with E-state index in [1.807, 2.05) is 31.2 Å². The van der Waals surface area contributed by atoms with Crippen LogP contribution in [0.15, 0.2) is 48.5 Å². The number of para-hydroxylation sites is 1. The van der Waals surface area contributed by atoms with E-state index in [9.17, 15) is 14.4 Å². The van der Waals surface area contributed by atoms with E-state index in [4.69, 9.17) is 9.47 Å². The average molecular weight is 408 g/mol. The number of hydrogen-bond acceptors (Lipinski definition) is 5. The van der Waals surface area contributed by atoms with Crippen LogP contribution in [0.1, 0.15) is 34.3 Å². The highest BCUT2D eigenvalue weighted by molar-refractivity contribution is 6.15. The van der Waals surface area contributed by atoms with Gasteiger partial charge in [-0.1, -0.05) is 36.4 Å². The number of fused-ring (bicyclic) bond motifs is 3. The molecule has 1 fully saturated rings. The SMILES string of the molecule is COCCN1C(=O)c2ccccc2N2C(=O)CC[C@@]12C(=O)OCc1ccccc1C. The highest BCUT2D eigenvalue weighted by Gasteiger charge is 2.61. The van der Waals surface area contributed by atoms with Crippen molar-refractivity contribution in [3.05, 3.63) is 65.2 Å². The maximum absolute atomic E-state index is 13.5. The average Bonchev–Trinajstić information content (AvgIpc) is 3.11. The molecule has 0 unspecified atom stereocenters. The minimum absolute atomic E-state index is 0.0727. The number of carbonyl (C=O) groups excluding carboxylic acids is 3. The standard InChI is InChI=1S/C23H24N2O5/c1-16-7-3-4-8-17(16)15-30-22(28)23-12-11-20(26)25(23)19-10-6-5-9-18(19)21(27)24(23)13-14-29-2/h3-10H,11-15H2,1-2H3/t23-/m1/s1. The number of aryl methyl sites for hydroxylation is 1. The number of anilines is 1. The van der Waals surface area contributed by atoms with Crippen molar-refractivity contribution in [2.45, 2.75) is 32.0 Å². The fourth-order valence-corrected chi connectivity index (χ4v) is 4.27. The van der Waals surface area contributed by atoms with Crippen molar-refractivity contribution in [3.63, 3.8) is 0 Å². The predicted molar refractivity (Wildman–Crippen MR) is 110 cm³/mol. The van der Waals surface area contributed by atoms with Gasteiger partial charge < -0.3 is 14.4 Å². The van der Waals surface area contributed by atoms with Crippen molar-refractivity contribution in [3.8, 4) is 0 Å². The third-order valence-corrected chi connectivity index (χ3v) is 5.84. The Kier molecular flexibility index (Phi) is 5.30. The fraction of sp³-hybridized carbons (Fsp3) is 0.348. The van der Waals surface area contributed by atoms with E-state index < -0.39 is 11.6 Å². The number of esters is 1. The number of rotatable bonds is 6. The van der Waals surface area contributed by atoms with E-state index in [-0.39, 0.29) is 44.4 Å². The van der Waals surface area contributed by atoms with Gasteiger partial charge in [-0.2, -0.15) is 0 Å². The van der Waals surface area contributed by atoms with Gasteiger partial charge in [0, 0.05) is 26.5 Å². The van der Waals surface area contributed by atoms with Gasteiger partial charge >= 0.3 is 5.97 Å². The molecule has 7 nitrogen and oxygen atoms in total. The van der Waals surface area contributed by atoms with Gasteiger partial charge in [0.15, 0.2) is 0 Å². The maximum atomic E-state index is 13.5. The van der Waals surface area contributed by atoms with Gasteiger partial charge in [0.1, 0.15) is 6.61 Å². The molecule has 1 atom stereocenters. The van der Waals surface area contributed by atoms with Crippen molar-refractivity contribution in [1.29, 1.82) is 0 Å². The number of benzene rings is 2. The number of hydrogen-bond donors (Lipinski definition) is 0. The molecule has 0 saturated carbocycles. The summed E-state index contributed by atoms with van der Waals surface area (Å²) >= 11 is 0. The molecule has 2 amide bonds. The van der Waals surface area contributed by atoms with E-state index in [1.165, 1.54) is 16.9 Å². The summed E-state index contributed by atoms with van der Waals surface area (Å²) in [5.74, 6) is -1.11. The largest absolute Gasteiger partial charge is 0.458 e. The van der Waals surface area contributed by atoms with Crippen LogP contribution < -0.4 is 4.90 Å². The number of nitrogens with zero attached hydrogens (tertiary/aromatic N) is 2. The highest BCUT2D eigenvalue weighted by atomic mass is 16.5. The minimum atomic E-state index is -1.50. The van der Waals surface area contributed by atoms with Gasteiger partial charge in [-0.05, 0) is 30.2 Å². The smallest absolute Gasteiger partial charge is 0.354 e. The number of carbonyl (C=O) groups is 3. The molecular weight excluding hydrogens is 384 g/mol. The normalized spacial score (nSPS) is 20.2. The zero-order valence-electron chi connectivity index (χ0n) is 17.1. The Hall–Kier alpha value is -3.19. The van der Waals surface area contributed by atoms with E-state index in [1.54, 1.807) is 24.3 Å². The Bertz CT molecular complexity index is 1000. The van der Waals surface area contributed by atoms with Crippen LogP contribution >= 0.6 is 0 Å². The summed E-state index contributed by atoms with van der Waals surface area (Å²) in [5, 5.41) is 0. The molecule has 0 aliphatic carbocycles. The van der Waals surface area contributed by atoms with Gasteiger partial charge in [-0.25, -0.2) is 4.79 Å². The number of methoxy groups -OCH3 is 1. The Morgan fingerprint density at radius 2 is 1.83 bits per heavy atom. The van der Waals surface area contributed by atoms with Gasteiger partial charge in [0.05, 0.1) is 17.9 Å². The van der Waals surface area contributed by atoms with Crippen LogP contribution in [0.25, 0.3) is 0 Å². The summed E-state index contributed by atoms with van der Waals surface area (Å²) in [7, 11) is 1.53. The van der Waals surface area contributed by atoms with Gasteiger partial charge in [0.2, 0.25) is 11.6 Å². The Labute approximate surface area is 175 Å². The van der Waals surface area contributed by atoms with Crippen LogP contribution in [0.2, 0.25) is 0 Å². The molecule has 2 aromatic carbocycles. The minimum Gasteiger partial charge on any atom is -0.458 e. The summed E-state index contributed by atoms with van der Waals surface area (Å²) in [6.45, 7) is 2.43. The number of ether oxygens (including phenoxy) is 2. The first-order valence-electron chi connectivity index (χ1n) is 9.95. The summed E-state index contributed by atoms with van der Waals surface area (Å²) in [5.41, 5.74) is 1.23. The molecule has 2 aromatic rings. The molecule has 7 heteroatoms. The monoisotopic (exact) mass is 408 g/mol. The zero-order chi connectivity index (χ0) is 21.3. The van der Waals surface area contributed by atoms with Crippen molar-refractivity contribution in [1.82, 2.24) is 4.90 Å². The first-order valence-corrected chi connectivity index (χ1v) is 9.95. The lowest BCUT2D eigenvalue weighted by Gasteiger charge is -2.48. The van der Waals surface area contributed by atoms with Gasteiger partial charge in [0.25, 0.3) is 5.91 Å². The summed E-state index contributed by atoms with van der Waals surface area (Å²) < 4.78 is 10.9. The molecule has 30 heavy (non-hydrogen) atoms. The second-order valence-corrected chi connectivity index (χ2v) is 7.52. The van der Waals surface area contributed by atoms with Crippen LogP contribution in [0, 0.1) is 6.92 Å². The second-order valence-electron chi connectivity index (χ2n) is 7.52. The molecular formula is C23H24N2O5. The Morgan fingerprint density at radius 3 is 2.60 bits per heavy atom. The Balaban J connectivity index is 1.74. The second kappa shape index (κ2) is 7.91. The molecule has 0 N–H and O–H groups in total. The predicted octanol–water partition coefficient (Wildman–Crippen LogP) is 2.66. The van der Waals surface area contributed by atoms with E-state index in [0.717, 1.165) is 11.1 Å². The van der Waals surface area contributed by atoms with Crippen molar-refractivity contribution in [2.75, 3.05) is 25.2 Å². The van der Waals surface area contributed by atoms with Crippen LogP contribution in [0.5, 0.6) is 0 Å². The topological polar surface area (TPSA) is 76.2 Å². The van der Waals surface area contributed by atoms with Crippen molar-refractivity contribution < 1.29 is 23.9 Å². The summed E-state index contributed by atoms with van der Waals surface area (Å²) in [6.07, 6.45) is 0.340. The first-order chi connectivity index (χ1) is 14.5. The summed E-state index contributed by atoms with van der Waals surface area (Å²) in [4.78, 5) is 42.6. The number of amides is 2.